The molecule has 0 aromatic carbocycles. The number of halogens is 1. The van der Waals surface area contributed by atoms with Crippen molar-refractivity contribution in [3.05, 3.63) is 11.3 Å². The number of alkyl halides is 1. The van der Waals surface area contributed by atoms with Crippen LogP contribution in [0.5, 0.6) is 0 Å². The number of rotatable bonds is 3. The van der Waals surface area contributed by atoms with Crippen LogP contribution < -0.4 is 0 Å². The predicted octanol–water partition coefficient (Wildman–Crippen LogP) is 0.767. The molecule has 0 saturated carbocycles. The van der Waals surface area contributed by atoms with Crippen molar-refractivity contribution >= 4 is 34.7 Å². The van der Waals surface area contributed by atoms with E-state index in [-0.39, 0.29) is 23.2 Å². The number of ether oxygens (including phenoxy) is 2. The maximum atomic E-state index is 12.3. The van der Waals surface area contributed by atoms with Gasteiger partial charge in [0.25, 0.3) is 5.91 Å². The van der Waals surface area contributed by atoms with Crippen LogP contribution in [-0.4, -0.2) is 57.2 Å². The van der Waals surface area contributed by atoms with E-state index in [1.807, 2.05) is 0 Å². The van der Waals surface area contributed by atoms with Crippen LogP contribution in [0, 0.1) is 0 Å². The van der Waals surface area contributed by atoms with Gasteiger partial charge >= 0.3 is 5.97 Å². The Morgan fingerprint density at radius 1 is 1.52 bits per heavy atom. The molecule has 0 spiro atoms. The zero-order chi connectivity index (χ0) is 15.9. The second-order valence-corrected chi connectivity index (χ2v) is 7.67. The monoisotopic (exact) mass is 335 g/mol. The number of carbonyl (C=O) groups is 2. The predicted molar refractivity (Wildman–Crippen MR) is 78.0 cm³/mol. The Hall–Kier alpha value is -0.760. The van der Waals surface area contributed by atoms with Crippen molar-refractivity contribution in [2.75, 3.05) is 18.7 Å². The molecule has 6 nitrogen and oxygen atoms in total. The van der Waals surface area contributed by atoms with Gasteiger partial charge in [0.1, 0.15) is 17.1 Å². The Balaban J connectivity index is 2.36. The van der Waals surface area contributed by atoms with Gasteiger partial charge in [0, 0.05) is 12.7 Å². The highest BCUT2D eigenvalue weighted by Crippen LogP contribution is 2.38. The number of amides is 1. The van der Waals surface area contributed by atoms with E-state index in [9.17, 15) is 14.1 Å². The van der Waals surface area contributed by atoms with Crippen molar-refractivity contribution in [2.45, 2.75) is 37.9 Å². The van der Waals surface area contributed by atoms with E-state index < -0.39 is 34.2 Å². The first kappa shape index (κ1) is 16.6. The van der Waals surface area contributed by atoms with Gasteiger partial charge in [0.05, 0.1) is 5.88 Å². The molecule has 3 atom stereocenters. The Morgan fingerprint density at radius 3 is 2.62 bits per heavy atom. The molecular formula is C13H18ClNO5S. The quantitative estimate of drug-likeness (QED) is 0.329. The molecular weight excluding hydrogens is 318 g/mol. The van der Waals surface area contributed by atoms with Gasteiger partial charge < -0.3 is 14.0 Å². The maximum Gasteiger partial charge on any atom is 0.355 e. The Labute approximate surface area is 131 Å². The third-order valence-electron chi connectivity index (χ3n) is 3.16. The Kier molecular flexibility index (Phi) is 4.58. The molecule has 0 radical (unpaired) electrons. The van der Waals surface area contributed by atoms with E-state index in [1.165, 1.54) is 12.0 Å². The van der Waals surface area contributed by atoms with E-state index in [2.05, 4.69) is 0 Å². The minimum absolute atomic E-state index is 0.0223. The summed E-state index contributed by atoms with van der Waals surface area (Å²) in [5.74, 6) is -0.845. The summed E-state index contributed by atoms with van der Waals surface area (Å²) in [6, 6.07) is 0. The number of β-lactam (4-membered cyclic amide) rings is 1. The fourth-order valence-corrected chi connectivity index (χ4v) is 4.35. The highest BCUT2D eigenvalue weighted by Gasteiger charge is 2.61. The number of hydrogen-bond donors (Lipinski definition) is 0. The van der Waals surface area contributed by atoms with Crippen molar-refractivity contribution in [1.29, 1.82) is 0 Å². The van der Waals surface area contributed by atoms with Crippen LogP contribution in [0.3, 0.4) is 0 Å². The molecule has 21 heavy (non-hydrogen) atoms. The van der Waals surface area contributed by atoms with Crippen LogP contribution in [0.15, 0.2) is 11.3 Å². The fourth-order valence-electron chi connectivity index (χ4n) is 2.31. The highest BCUT2D eigenvalue weighted by atomic mass is 35.5. The van der Waals surface area contributed by atoms with Gasteiger partial charge in [-0.25, -0.2) is 4.79 Å². The third-order valence-corrected chi connectivity index (χ3v) is 5.12. The minimum Gasteiger partial charge on any atom is -0.614 e. The lowest BCUT2D eigenvalue weighted by Gasteiger charge is -2.48. The largest absolute Gasteiger partial charge is 0.614 e. The summed E-state index contributed by atoms with van der Waals surface area (Å²) in [7, 11) is 1.38. The number of nitrogens with zero attached hydrogens (tertiary/aromatic N) is 1. The van der Waals surface area contributed by atoms with Gasteiger partial charge in [-0.1, -0.05) is 0 Å². The molecule has 1 fully saturated rings. The van der Waals surface area contributed by atoms with Crippen molar-refractivity contribution in [1.82, 2.24) is 4.90 Å². The molecule has 0 bridgehead atoms. The standard InChI is InChI=1S/C13H18ClNO5S/c1-13(2,3)20-12(17)8-7(5-14)6-21(18)11-9(19-4)10(16)15(8)11/h9,11H,5-6H2,1-4H3. The average molecular weight is 336 g/mol. The maximum absolute atomic E-state index is 12.3. The highest BCUT2D eigenvalue weighted by molar-refractivity contribution is 7.92. The van der Waals surface area contributed by atoms with Gasteiger partial charge in [-0.05, 0) is 31.9 Å². The summed E-state index contributed by atoms with van der Waals surface area (Å²) in [4.78, 5) is 25.7. The first-order chi connectivity index (χ1) is 9.71. The summed E-state index contributed by atoms with van der Waals surface area (Å²) in [5.41, 5.74) is -0.117. The molecule has 1 saturated heterocycles. The number of fused-ring (bicyclic) bond motifs is 1. The van der Waals surface area contributed by atoms with Crippen molar-refractivity contribution in [2.24, 2.45) is 0 Å². The van der Waals surface area contributed by atoms with Crippen LogP contribution >= 0.6 is 11.6 Å². The lowest BCUT2D eigenvalue weighted by molar-refractivity contribution is -0.167. The normalized spacial score (nSPS) is 29.1. The van der Waals surface area contributed by atoms with Crippen LogP contribution in [0.1, 0.15) is 20.8 Å². The molecule has 2 aliphatic rings. The minimum atomic E-state index is -1.34. The van der Waals surface area contributed by atoms with Gasteiger partial charge in [0.2, 0.25) is 11.5 Å². The molecule has 0 N–H and O–H groups in total. The van der Waals surface area contributed by atoms with Gasteiger partial charge in [-0.3, -0.25) is 9.69 Å². The number of hydrogen-bond acceptors (Lipinski definition) is 5. The summed E-state index contributed by atoms with van der Waals surface area (Å²) >= 11 is 4.50. The van der Waals surface area contributed by atoms with Gasteiger partial charge in [0.15, 0.2) is 0 Å². The van der Waals surface area contributed by atoms with Crippen LogP contribution in [0.2, 0.25) is 0 Å². The average Bonchev–Trinajstić information content (AvgIpc) is 2.36. The number of carbonyl (C=O) groups excluding carboxylic acids is 2. The second kappa shape index (κ2) is 5.79. The van der Waals surface area contributed by atoms with E-state index in [0.29, 0.717) is 5.57 Å². The molecule has 3 unspecified atom stereocenters. The molecule has 118 valence electrons. The van der Waals surface area contributed by atoms with Crippen molar-refractivity contribution < 1.29 is 23.6 Å². The van der Waals surface area contributed by atoms with Crippen molar-refractivity contribution in [3.63, 3.8) is 0 Å². The van der Waals surface area contributed by atoms with E-state index >= 15 is 0 Å². The fraction of sp³-hybridized carbons (Fsp3) is 0.692. The molecule has 2 rings (SSSR count). The molecule has 2 heterocycles. The lowest BCUT2D eigenvalue weighted by atomic mass is 10.1. The number of esters is 1. The summed E-state index contributed by atoms with van der Waals surface area (Å²) in [5, 5.41) is -0.642. The van der Waals surface area contributed by atoms with Gasteiger partial charge in [-0.2, -0.15) is 0 Å². The van der Waals surface area contributed by atoms with Crippen LogP contribution in [-0.2, 0) is 30.2 Å². The lowest BCUT2D eigenvalue weighted by Crippen LogP contribution is -2.70. The summed E-state index contributed by atoms with van der Waals surface area (Å²) in [6.07, 6.45) is -0.778. The molecule has 0 aromatic heterocycles. The summed E-state index contributed by atoms with van der Waals surface area (Å²) in [6.45, 7) is 5.21. The second-order valence-electron chi connectivity index (χ2n) is 5.87. The smallest absolute Gasteiger partial charge is 0.355 e. The molecule has 0 aromatic rings. The van der Waals surface area contributed by atoms with E-state index in [4.69, 9.17) is 21.1 Å². The van der Waals surface area contributed by atoms with Crippen LogP contribution in [0.25, 0.3) is 0 Å². The molecule has 2 aliphatic heterocycles. The van der Waals surface area contributed by atoms with Crippen molar-refractivity contribution in [3.8, 4) is 0 Å². The first-order valence-electron chi connectivity index (χ1n) is 6.45. The number of methoxy groups -OCH3 is 1. The topological polar surface area (TPSA) is 78.9 Å². The van der Waals surface area contributed by atoms with E-state index in [0.717, 1.165) is 0 Å². The van der Waals surface area contributed by atoms with Gasteiger partial charge in [-0.15, -0.1) is 11.6 Å². The first-order valence-corrected chi connectivity index (χ1v) is 8.37. The van der Waals surface area contributed by atoms with Crippen LogP contribution in [0.4, 0.5) is 0 Å². The summed E-state index contributed by atoms with van der Waals surface area (Å²) < 4.78 is 22.6. The Bertz CT molecular complexity index is 501. The molecule has 1 amide bonds. The molecule has 8 heteroatoms. The van der Waals surface area contributed by atoms with E-state index in [1.54, 1.807) is 20.8 Å². The zero-order valence-electron chi connectivity index (χ0n) is 12.3. The zero-order valence-corrected chi connectivity index (χ0v) is 13.9. The SMILES string of the molecule is COC1C(=O)N2C(C(=O)OC(C)(C)C)=C(CCl)C[S+]([O-])C12. The molecule has 0 aliphatic carbocycles. The Morgan fingerprint density at radius 2 is 2.14 bits per heavy atom. The third kappa shape index (κ3) is 2.92.